The Balaban J connectivity index is 1.78. The van der Waals surface area contributed by atoms with Gasteiger partial charge in [-0.2, -0.15) is 0 Å². The van der Waals surface area contributed by atoms with Crippen molar-refractivity contribution in [3.8, 4) is 5.75 Å². The third-order valence-electron chi connectivity index (χ3n) is 4.00. The van der Waals surface area contributed by atoms with Gasteiger partial charge in [-0.15, -0.1) is 0 Å². The highest BCUT2D eigenvalue weighted by Crippen LogP contribution is 2.27. The lowest BCUT2D eigenvalue weighted by Crippen LogP contribution is -2.34. The van der Waals surface area contributed by atoms with Crippen LogP contribution in [0.2, 0.25) is 5.02 Å². The number of rotatable bonds is 6. The summed E-state index contributed by atoms with van der Waals surface area (Å²) < 4.78 is 5.83. The van der Waals surface area contributed by atoms with Gasteiger partial charge in [-0.1, -0.05) is 49.8 Å². The fraction of sp³-hybridized carbons (Fsp3) is 0.625. The van der Waals surface area contributed by atoms with Gasteiger partial charge in [-0.25, -0.2) is 0 Å². The van der Waals surface area contributed by atoms with Crippen LogP contribution < -0.4 is 10.1 Å². The first-order valence-electron chi connectivity index (χ1n) is 7.33. The van der Waals surface area contributed by atoms with E-state index in [1.165, 1.54) is 38.5 Å². The van der Waals surface area contributed by atoms with E-state index in [0.717, 1.165) is 16.7 Å². The van der Waals surface area contributed by atoms with Gasteiger partial charge in [0.05, 0.1) is 0 Å². The second-order valence-electron chi connectivity index (χ2n) is 5.49. The average Bonchev–Trinajstić information content (AvgIpc) is 2.44. The Hall–Kier alpha value is -0.730. The molecule has 1 fully saturated rings. The molecule has 1 aliphatic rings. The minimum absolute atomic E-state index is 0.432. The lowest BCUT2D eigenvalue weighted by Gasteiger charge is -2.26. The molecule has 0 heterocycles. The molecule has 2 nitrogen and oxygen atoms in total. The van der Waals surface area contributed by atoms with Crippen molar-refractivity contribution in [1.29, 1.82) is 0 Å². The van der Waals surface area contributed by atoms with Crippen LogP contribution in [-0.2, 0) is 0 Å². The number of likely N-dealkylation sites (N-methyl/N-ethyl adjacent to an activating group) is 1. The minimum Gasteiger partial charge on any atom is -0.492 e. The molecule has 0 saturated heterocycles. The van der Waals surface area contributed by atoms with Crippen molar-refractivity contribution in [1.82, 2.24) is 5.32 Å². The maximum Gasteiger partial charge on any atom is 0.120 e. The van der Waals surface area contributed by atoms with Crippen molar-refractivity contribution in [2.24, 2.45) is 5.92 Å². The molecule has 0 spiro atoms. The third-order valence-corrected chi connectivity index (χ3v) is 4.23. The predicted molar refractivity (Wildman–Crippen MR) is 81.0 cm³/mol. The first-order chi connectivity index (χ1) is 9.28. The molecule has 0 radical (unpaired) electrons. The molecule has 2 rings (SSSR count). The molecular formula is C16H24ClNO. The van der Waals surface area contributed by atoms with Gasteiger partial charge in [-0.3, -0.25) is 0 Å². The summed E-state index contributed by atoms with van der Waals surface area (Å²) in [5.74, 6) is 1.73. The molecule has 1 aromatic carbocycles. The van der Waals surface area contributed by atoms with E-state index in [2.05, 4.69) is 5.32 Å². The molecule has 0 bridgehead atoms. The second kappa shape index (κ2) is 7.76. The zero-order valence-electron chi connectivity index (χ0n) is 11.7. The Morgan fingerprint density at radius 3 is 2.79 bits per heavy atom. The van der Waals surface area contributed by atoms with E-state index in [0.29, 0.717) is 12.6 Å². The molecule has 19 heavy (non-hydrogen) atoms. The summed E-state index contributed by atoms with van der Waals surface area (Å²) in [6.07, 6.45) is 8.20. The molecule has 0 aliphatic heterocycles. The maximum absolute atomic E-state index is 5.95. The molecule has 1 unspecified atom stereocenters. The summed E-state index contributed by atoms with van der Waals surface area (Å²) in [5.41, 5.74) is 0. The van der Waals surface area contributed by atoms with Crippen LogP contribution >= 0.6 is 11.6 Å². The molecular weight excluding hydrogens is 258 g/mol. The minimum atomic E-state index is 0.432. The van der Waals surface area contributed by atoms with E-state index >= 15 is 0 Å². The van der Waals surface area contributed by atoms with E-state index in [1.54, 1.807) is 0 Å². The SMILES string of the molecule is CNC(COc1cccc(Cl)c1)CC1CCCCC1. The van der Waals surface area contributed by atoms with Crippen LogP contribution in [0.15, 0.2) is 24.3 Å². The number of ether oxygens (including phenoxy) is 1. The Labute approximate surface area is 121 Å². The lowest BCUT2D eigenvalue weighted by atomic mass is 9.85. The quantitative estimate of drug-likeness (QED) is 0.840. The molecule has 1 atom stereocenters. The van der Waals surface area contributed by atoms with Crippen LogP contribution in [0.25, 0.3) is 0 Å². The maximum atomic E-state index is 5.95. The average molecular weight is 282 g/mol. The van der Waals surface area contributed by atoms with Gasteiger partial charge >= 0.3 is 0 Å². The van der Waals surface area contributed by atoms with E-state index in [4.69, 9.17) is 16.3 Å². The molecule has 1 saturated carbocycles. The molecule has 1 aromatic rings. The van der Waals surface area contributed by atoms with Crippen LogP contribution in [0, 0.1) is 5.92 Å². The standard InChI is InChI=1S/C16H24ClNO/c1-18-15(10-13-6-3-2-4-7-13)12-19-16-9-5-8-14(17)11-16/h5,8-9,11,13,15,18H,2-4,6-7,10,12H2,1H3. The first-order valence-corrected chi connectivity index (χ1v) is 7.71. The monoisotopic (exact) mass is 281 g/mol. The molecule has 1 aliphatic carbocycles. The van der Waals surface area contributed by atoms with Crippen molar-refractivity contribution in [2.75, 3.05) is 13.7 Å². The molecule has 0 aromatic heterocycles. The van der Waals surface area contributed by atoms with Crippen molar-refractivity contribution in [3.63, 3.8) is 0 Å². The topological polar surface area (TPSA) is 21.3 Å². The van der Waals surface area contributed by atoms with E-state index in [1.807, 2.05) is 31.3 Å². The Kier molecular flexibility index (Phi) is 5.99. The first kappa shape index (κ1) is 14.7. The summed E-state index contributed by atoms with van der Waals surface area (Å²) in [6.45, 7) is 0.716. The normalized spacial score (nSPS) is 18.2. The van der Waals surface area contributed by atoms with Gasteiger partial charge in [0.15, 0.2) is 0 Å². The van der Waals surface area contributed by atoms with E-state index in [9.17, 15) is 0 Å². The van der Waals surface area contributed by atoms with Gasteiger partial charge in [0, 0.05) is 11.1 Å². The van der Waals surface area contributed by atoms with Crippen LogP contribution in [0.4, 0.5) is 0 Å². The van der Waals surface area contributed by atoms with Crippen molar-refractivity contribution in [2.45, 2.75) is 44.6 Å². The molecule has 0 amide bonds. The van der Waals surface area contributed by atoms with Crippen molar-refractivity contribution in [3.05, 3.63) is 29.3 Å². The predicted octanol–water partition coefficient (Wildman–Crippen LogP) is 4.28. The molecule has 106 valence electrons. The third kappa shape index (κ3) is 5.04. The number of hydrogen-bond donors (Lipinski definition) is 1. The number of halogens is 1. The van der Waals surface area contributed by atoms with Crippen LogP contribution in [0.5, 0.6) is 5.75 Å². The Morgan fingerprint density at radius 2 is 2.11 bits per heavy atom. The summed E-state index contributed by atoms with van der Waals surface area (Å²) in [6, 6.07) is 8.05. The fourth-order valence-corrected chi connectivity index (χ4v) is 3.03. The highest BCUT2D eigenvalue weighted by Gasteiger charge is 2.18. The zero-order valence-corrected chi connectivity index (χ0v) is 12.5. The number of benzene rings is 1. The smallest absolute Gasteiger partial charge is 0.120 e. The van der Waals surface area contributed by atoms with Crippen molar-refractivity contribution >= 4 is 11.6 Å². The van der Waals surface area contributed by atoms with Gasteiger partial charge in [0.2, 0.25) is 0 Å². The van der Waals surface area contributed by atoms with Gasteiger partial charge in [-0.05, 0) is 37.6 Å². The van der Waals surface area contributed by atoms with Crippen LogP contribution in [0.3, 0.4) is 0 Å². The Morgan fingerprint density at radius 1 is 1.32 bits per heavy atom. The highest BCUT2D eigenvalue weighted by atomic mass is 35.5. The zero-order chi connectivity index (χ0) is 13.5. The van der Waals surface area contributed by atoms with Gasteiger partial charge in [0.25, 0.3) is 0 Å². The fourth-order valence-electron chi connectivity index (χ4n) is 2.85. The summed E-state index contributed by atoms with van der Waals surface area (Å²) in [5, 5.41) is 4.10. The van der Waals surface area contributed by atoms with Crippen LogP contribution in [0.1, 0.15) is 38.5 Å². The Bertz CT molecular complexity index is 377. The van der Waals surface area contributed by atoms with Crippen LogP contribution in [-0.4, -0.2) is 19.7 Å². The molecule has 3 heteroatoms. The highest BCUT2D eigenvalue weighted by molar-refractivity contribution is 6.30. The summed E-state index contributed by atoms with van der Waals surface area (Å²) in [4.78, 5) is 0. The lowest BCUT2D eigenvalue weighted by molar-refractivity contribution is 0.226. The number of hydrogen-bond acceptors (Lipinski definition) is 2. The van der Waals surface area contributed by atoms with Gasteiger partial charge in [0.1, 0.15) is 12.4 Å². The second-order valence-corrected chi connectivity index (χ2v) is 5.93. The van der Waals surface area contributed by atoms with E-state index in [-0.39, 0.29) is 0 Å². The van der Waals surface area contributed by atoms with E-state index < -0.39 is 0 Å². The number of nitrogens with one attached hydrogen (secondary N) is 1. The summed E-state index contributed by atoms with van der Waals surface area (Å²) >= 11 is 5.95. The van der Waals surface area contributed by atoms with Gasteiger partial charge < -0.3 is 10.1 Å². The largest absolute Gasteiger partial charge is 0.492 e. The molecule has 1 N–H and O–H groups in total. The summed E-state index contributed by atoms with van der Waals surface area (Å²) in [7, 11) is 2.02. The van der Waals surface area contributed by atoms with Crippen molar-refractivity contribution < 1.29 is 4.74 Å².